The number of amides is 2. The molecule has 8 nitrogen and oxygen atoms in total. The lowest BCUT2D eigenvalue weighted by Crippen LogP contribution is -2.24. The maximum absolute atomic E-state index is 12.3. The Morgan fingerprint density at radius 3 is 1.28 bits per heavy atom. The number of nitrogens with one attached hydrogen (secondary N) is 2. The first kappa shape index (κ1) is 22.5. The van der Waals surface area contributed by atoms with E-state index in [-0.39, 0.29) is 11.8 Å². The van der Waals surface area contributed by atoms with Crippen LogP contribution < -0.4 is 10.6 Å². The van der Waals surface area contributed by atoms with Gasteiger partial charge in [-0.15, -0.1) is 0 Å². The molecule has 2 unspecified atom stereocenters. The Balaban J connectivity index is 1.50. The number of carbonyl (C=O) groups excluding carboxylic acids is 2. The lowest BCUT2D eigenvalue weighted by Gasteiger charge is -2.10. The fraction of sp³-hybridized carbons (Fsp3) is 0.167. The minimum atomic E-state index is -0.648. The van der Waals surface area contributed by atoms with Crippen LogP contribution >= 0.6 is 0 Å². The smallest absolute Gasteiger partial charge is 0.250 e. The minimum Gasteiger partial charge on any atom is -0.324 e. The molecule has 2 amide bonds. The van der Waals surface area contributed by atoms with Gasteiger partial charge in [0, 0.05) is 11.4 Å². The standard InChI is InChI=1S/C24H24N6O2/c1-17(27-29-21-9-5-3-6-10-21)23(31)25-19-13-15-20(16-14-19)26-24(32)18(2)28-30-22-11-7-4-8-12-22/h3-18H,1-2H3,(H,25,31)(H,26,32)/b29-27+,30-28+. The number of hydrogen-bond acceptors (Lipinski definition) is 6. The lowest BCUT2D eigenvalue weighted by molar-refractivity contribution is -0.117. The molecule has 8 heteroatoms. The van der Waals surface area contributed by atoms with Crippen LogP contribution in [-0.4, -0.2) is 23.9 Å². The number of rotatable bonds is 8. The van der Waals surface area contributed by atoms with Gasteiger partial charge in [0.1, 0.15) is 12.1 Å². The second-order valence-electron chi connectivity index (χ2n) is 7.01. The molecule has 32 heavy (non-hydrogen) atoms. The van der Waals surface area contributed by atoms with Crippen molar-refractivity contribution in [1.29, 1.82) is 0 Å². The topological polar surface area (TPSA) is 108 Å². The average molecular weight is 428 g/mol. The maximum atomic E-state index is 12.3. The van der Waals surface area contributed by atoms with Crippen LogP contribution in [0.15, 0.2) is 105 Å². The molecule has 3 rings (SSSR count). The van der Waals surface area contributed by atoms with Gasteiger partial charge in [0.05, 0.1) is 11.4 Å². The van der Waals surface area contributed by atoms with E-state index in [4.69, 9.17) is 0 Å². The summed E-state index contributed by atoms with van der Waals surface area (Å²) in [6.45, 7) is 3.34. The first-order chi connectivity index (χ1) is 15.5. The quantitative estimate of drug-likeness (QED) is 0.435. The van der Waals surface area contributed by atoms with Crippen molar-refractivity contribution in [3.8, 4) is 0 Å². The highest BCUT2D eigenvalue weighted by Crippen LogP contribution is 2.16. The first-order valence-electron chi connectivity index (χ1n) is 10.1. The van der Waals surface area contributed by atoms with Crippen molar-refractivity contribution in [3.63, 3.8) is 0 Å². The van der Waals surface area contributed by atoms with E-state index in [0.717, 1.165) is 0 Å². The van der Waals surface area contributed by atoms with Crippen LogP contribution in [0.25, 0.3) is 0 Å². The summed E-state index contributed by atoms with van der Waals surface area (Å²) in [6.07, 6.45) is 0. The number of hydrogen-bond donors (Lipinski definition) is 2. The number of benzene rings is 3. The zero-order chi connectivity index (χ0) is 22.8. The zero-order valence-electron chi connectivity index (χ0n) is 17.8. The molecule has 0 aliphatic heterocycles. The summed E-state index contributed by atoms with van der Waals surface area (Å²) in [4.78, 5) is 24.6. The summed E-state index contributed by atoms with van der Waals surface area (Å²) in [6, 6.07) is 23.9. The Hall–Kier alpha value is -4.20. The van der Waals surface area contributed by atoms with E-state index in [0.29, 0.717) is 22.7 Å². The molecule has 0 saturated heterocycles. The fourth-order valence-corrected chi connectivity index (χ4v) is 2.53. The molecule has 0 saturated carbocycles. The van der Waals surface area contributed by atoms with Crippen molar-refractivity contribution in [2.24, 2.45) is 20.5 Å². The van der Waals surface area contributed by atoms with E-state index >= 15 is 0 Å². The Morgan fingerprint density at radius 2 is 0.938 bits per heavy atom. The highest BCUT2D eigenvalue weighted by molar-refractivity contribution is 5.96. The van der Waals surface area contributed by atoms with Gasteiger partial charge in [-0.05, 0) is 62.4 Å². The summed E-state index contributed by atoms with van der Waals surface area (Å²) in [5.41, 5.74) is 2.55. The second kappa shape index (κ2) is 11.3. The fourth-order valence-electron chi connectivity index (χ4n) is 2.53. The van der Waals surface area contributed by atoms with E-state index in [2.05, 4.69) is 31.1 Å². The zero-order valence-corrected chi connectivity index (χ0v) is 17.8. The third-order valence-corrected chi connectivity index (χ3v) is 4.38. The van der Waals surface area contributed by atoms with Crippen LogP contribution in [0.4, 0.5) is 22.7 Å². The predicted molar refractivity (Wildman–Crippen MR) is 125 cm³/mol. The molecule has 0 spiro atoms. The average Bonchev–Trinajstić information content (AvgIpc) is 2.83. The SMILES string of the molecule is CC(/N=N/c1ccccc1)C(=O)Nc1ccc(NC(=O)C(C)/N=N/c2ccccc2)cc1. The molecule has 3 aromatic rings. The van der Waals surface area contributed by atoms with E-state index in [9.17, 15) is 9.59 Å². The van der Waals surface area contributed by atoms with Crippen molar-refractivity contribution in [3.05, 3.63) is 84.9 Å². The van der Waals surface area contributed by atoms with Gasteiger partial charge in [0.25, 0.3) is 11.8 Å². The molecule has 162 valence electrons. The van der Waals surface area contributed by atoms with Crippen molar-refractivity contribution in [1.82, 2.24) is 0 Å². The highest BCUT2D eigenvalue weighted by Gasteiger charge is 2.14. The molecule has 0 fully saturated rings. The Kier molecular flexibility index (Phi) is 7.91. The lowest BCUT2D eigenvalue weighted by atomic mass is 10.2. The van der Waals surface area contributed by atoms with Gasteiger partial charge in [-0.3, -0.25) is 9.59 Å². The van der Waals surface area contributed by atoms with Gasteiger partial charge in [0.15, 0.2) is 0 Å². The summed E-state index contributed by atoms with van der Waals surface area (Å²) in [5, 5.41) is 21.8. The Labute approximate surface area is 186 Å². The molecule has 0 aliphatic rings. The Bertz CT molecular complexity index is 994. The summed E-state index contributed by atoms with van der Waals surface area (Å²) >= 11 is 0. The van der Waals surface area contributed by atoms with Gasteiger partial charge < -0.3 is 10.6 Å². The van der Waals surface area contributed by atoms with Crippen molar-refractivity contribution in [2.45, 2.75) is 25.9 Å². The molecule has 3 aromatic carbocycles. The van der Waals surface area contributed by atoms with Gasteiger partial charge in [-0.1, -0.05) is 36.4 Å². The van der Waals surface area contributed by atoms with Gasteiger partial charge in [-0.2, -0.15) is 20.5 Å². The van der Waals surface area contributed by atoms with Gasteiger partial charge >= 0.3 is 0 Å². The minimum absolute atomic E-state index is 0.281. The molecular weight excluding hydrogens is 404 g/mol. The molecule has 0 bridgehead atoms. The summed E-state index contributed by atoms with van der Waals surface area (Å²) in [5.74, 6) is -0.562. The highest BCUT2D eigenvalue weighted by atomic mass is 16.2. The van der Waals surface area contributed by atoms with Crippen molar-refractivity contribution in [2.75, 3.05) is 10.6 Å². The van der Waals surface area contributed by atoms with Crippen LogP contribution in [0.5, 0.6) is 0 Å². The van der Waals surface area contributed by atoms with E-state index < -0.39 is 12.1 Å². The molecule has 2 N–H and O–H groups in total. The van der Waals surface area contributed by atoms with Crippen molar-refractivity contribution >= 4 is 34.6 Å². The maximum Gasteiger partial charge on any atom is 0.250 e. The number of anilines is 2. The Morgan fingerprint density at radius 1 is 0.594 bits per heavy atom. The van der Waals surface area contributed by atoms with Crippen LogP contribution in [0.2, 0.25) is 0 Å². The molecular formula is C24H24N6O2. The number of azo groups is 2. The summed E-state index contributed by atoms with van der Waals surface area (Å²) in [7, 11) is 0. The van der Waals surface area contributed by atoms with E-state index in [1.54, 1.807) is 38.1 Å². The largest absolute Gasteiger partial charge is 0.324 e. The second-order valence-corrected chi connectivity index (χ2v) is 7.01. The van der Waals surface area contributed by atoms with Crippen LogP contribution in [0, 0.1) is 0 Å². The van der Waals surface area contributed by atoms with Gasteiger partial charge in [-0.25, -0.2) is 0 Å². The van der Waals surface area contributed by atoms with Gasteiger partial charge in [0.2, 0.25) is 0 Å². The molecule has 0 heterocycles. The van der Waals surface area contributed by atoms with E-state index in [1.165, 1.54) is 0 Å². The molecule has 0 aliphatic carbocycles. The van der Waals surface area contributed by atoms with Crippen molar-refractivity contribution < 1.29 is 9.59 Å². The van der Waals surface area contributed by atoms with Crippen LogP contribution in [-0.2, 0) is 9.59 Å². The first-order valence-corrected chi connectivity index (χ1v) is 10.1. The third-order valence-electron chi connectivity index (χ3n) is 4.38. The summed E-state index contributed by atoms with van der Waals surface area (Å²) < 4.78 is 0. The molecule has 0 aromatic heterocycles. The third kappa shape index (κ3) is 6.94. The van der Waals surface area contributed by atoms with E-state index in [1.807, 2.05) is 60.7 Å². The predicted octanol–water partition coefficient (Wildman–Crippen LogP) is 5.91. The molecule has 0 radical (unpaired) electrons. The normalized spacial score (nSPS) is 13.1. The van der Waals surface area contributed by atoms with Crippen LogP contribution in [0.3, 0.4) is 0 Å². The number of nitrogens with zero attached hydrogens (tertiary/aromatic N) is 4. The molecule has 2 atom stereocenters. The number of carbonyl (C=O) groups is 2. The van der Waals surface area contributed by atoms with Crippen LogP contribution in [0.1, 0.15) is 13.8 Å². The monoisotopic (exact) mass is 428 g/mol.